The molecule has 21 heteroatoms. The largest absolute Gasteiger partial charge is 0.379 e. The molecule has 0 aromatic rings. The van der Waals surface area contributed by atoms with Gasteiger partial charge in [0, 0.05) is 31.7 Å². The lowest BCUT2D eigenvalue weighted by molar-refractivity contribution is -0.122. The molecule has 0 radical (unpaired) electrons. The number of nitrogens with zero attached hydrogens (tertiary/aromatic N) is 1. The minimum atomic E-state index is -3.62. The van der Waals surface area contributed by atoms with E-state index in [-0.39, 0.29) is 57.1 Å². The van der Waals surface area contributed by atoms with Crippen LogP contribution in [0.15, 0.2) is 16.6 Å². The van der Waals surface area contributed by atoms with Crippen molar-refractivity contribution in [3.05, 3.63) is 11.6 Å². The standard InChI is InChI=1S/C39H71F2N5O13S/c1-3-11-51-15-19-55-23-25-58-26-24-56-20-16-52-12-8-36(47)44-9-13-53-17-21-57-22-18-54-14-10-45-60(49,50)33-6-4-32(5-7-33)59-37-34(40)28-31(29-35(37)41)27-30(2)38(48)46-39(42)43/h27,31-35,37,45H,3-26,28-29H2,1-2H3,(H,44,47)(H4,42,43,46,48)/b30-27+. The highest BCUT2D eigenvalue weighted by atomic mass is 32.2. The molecule has 2 amide bonds. The van der Waals surface area contributed by atoms with Gasteiger partial charge in [-0.3, -0.25) is 9.59 Å². The summed E-state index contributed by atoms with van der Waals surface area (Å²) in [7, 11) is -3.62. The Kier molecular flexibility index (Phi) is 29.7. The quantitative estimate of drug-likeness (QED) is 0.0305. The summed E-state index contributed by atoms with van der Waals surface area (Å²) in [6, 6.07) is 0. The van der Waals surface area contributed by atoms with Gasteiger partial charge in [0.15, 0.2) is 5.96 Å². The Morgan fingerprint density at radius 3 is 1.62 bits per heavy atom. The maximum absolute atomic E-state index is 15.0. The second kappa shape index (κ2) is 33.2. The first kappa shape index (κ1) is 53.7. The first-order valence-corrected chi connectivity index (χ1v) is 22.6. The number of carbonyl (C=O) groups excluding carboxylic acids is 2. The fourth-order valence-corrected chi connectivity index (χ4v) is 7.86. The van der Waals surface area contributed by atoms with E-state index in [2.05, 4.69) is 22.0 Å². The van der Waals surface area contributed by atoms with E-state index >= 15 is 8.78 Å². The highest BCUT2D eigenvalue weighted by molar-refractivity contribution is 7.90. The first-order chi connectivity index (χ1) is 28.9. The van der Waals surface area contributed by atoms with Gasteiger partial charge >= 0.3 is 0 Å². The van der Waals surface area contributed by atoms with Crippen molar-refractivity contribution in [3.63, 3.8) is 0 Å². The Balaban J connectivity index is 1.37. The number of amides is 2. The van der Waals surface area contributed by atoms with Gasteiger partial charge in [0.05, 0.1) is 110 Å². The predicted octanol–water partition coefficient (Wildman–Crippen LogP) is 1.48. The van der Waals surface area contributed by atoms with E-state index in [9.17, 15) is 18.0 Å². The van der Waals surface area contributed by atoms with Crippen molar-refractivity contribution in [2.45, 2.75) is 95.0 Å². The third-order valence-electron chi connectivity index (χ3n) is 9.40. The van der Waals surface area contributed by atoms with E-state index < -0.39 is 57.6 Å². The lowest BCUT2D eigenvalue weighted by Gasteiger charge is -2.37. The monoisotopic (exact) mass is 887 g/mol. The Hall–Kier alpha value is -2.44. The maximum Gasteiger partial charge on any atom is 0.275 e. The Morgan fingerprint density at radius 2 is 1.13 bits per heavy atom. The number of carbonyl (C=O) groups is 2. The zero-order valence-corrected chi connectivity index (χ0v) is 36.3. The molecule has 60 heavy (non-hydrogen) atoms. The number of ether oxygens (including phenoxy) is 9. The molecule has 0 heterocycles. The van der Waals surface area contributed by atoms with Gasteiger partial charge in [-0.05, 0) is 57.8 Å². The van der Waals surface area contributed by atoms with E-state index in [1.54, 1.807) is 0 Å². The van der Waals surface area contributed by atoms with E-state index in [4.69, 9.17) is 54.1 Å². The van der Waals surface area contributed by atoms with Crippen LogP contribution in [0.4, 0.5) is 8.78 Å². The van der Waals surface area contributed by atoms with Crippen molar-refractivity contribution in [2.24, 2.45) is 22.4 Å². The fraction of sp³-hybridized carbons (Fsp3) is 0.872. The molecule has 350 valence electrons. The fourth-order valence-electron chi connectivity index (χ4n) is 6.36. The number of nitrogens with one attached hydrogen (secondary N) is 2. The van der Waals surface area contributed by atoms with Gasteiger partial charge < -0.3 is 59.4 Å². The summed E-state index contributed by atoms with van der Waals surface area (Å²) in [5, 5.41) is 2.13. The number of nitrogens with two attached hydrogens (primary N) is 2. The van der Waals surface area contributed by atoms with E-state index in [0.29, 0.717) is 112 Å². The number of halogens is 2. The number of sulfonamides is 1. The molecule has 2 atom stereocenters. The molecule has 6 N–H and O–H groups in total. The third kappa shape index (κ3) is 25.5. The van der Waals surface area contributed by atoms with E-state index in [1.165, 1.54) is 13.0 Å². The van der Waals surface area contributed by atoms with Crippen LogP contribution in [-0.4, -0.2) is 175 Å². The number of allylic oxidation sites excluding steroid dienone is 1. The van der Waals surface area contributed by atoms with Crippen LogP contribution in [0.5, 0.6) is 0 Å². The number of alkyl halides is 2. The molecule has 0 aliphatic heterocycles. The van der Waals surface area contributed by atoms with Crippen molar-refractivity contribution in [1.82, 2.24) is 10.0 Å². The maximum atomic E-state index is 15.0. The van der Waals surface area contributed by atoms with Gasteiger partial charge in [-0.2, -0.15) is 4.99 Å². The molecule has 0 aromatic heterocycles. The first-order valence-electron chi connectivity index (χ1n) is 21.1. The molecule has 0 spiro atoms. The van der Waals surface area contributed by atoms with Crippen molar-refractivity contribution in [3.8, 4) is 0 Å². The van der Waals surface area contributed by atoms with Gasteiger partial charge in [-0.1, -0.05) is 13.0 Å². The van der Waals surface area contributed by atoms with Crippen molar-refractivity contribution >= 4 is 27.8 Å². The molecule has 2 saturated carbocycles. The molecule has 0 saturated heterocycles. The minimum Gasteiger partial charge on any atom is -0.379 e. The average Bonchev–Trinajstić information content (AvgIpc) is 3.20. The summed E-state index contributed by atoms with van der Waals surface area (Å²) in [4.78, 5) is 27.3. The van der Waals surface area contributed by atoms with Crippen molar-refractivity contribution < 1.29 is 69.4 Å². The Bertz CT molecular complexity index is 1310. The normalized spacial score (nSPS) is 22.4. The van der Waals surface area contributed by atoms with Crippen LogP contribution in [0.2, 0.25) is 0 Å². The summed E-state index contributed by atoms with van der Waals surface area (Å²) >= 11 is 0. The summed E-state index contributed by atoms with van der Waals surface area (Å²) in [6.45, 7) is 10.7. The van der Waals surface area contributed by atoms with Crippen molar-refractivity contribution in [1.29, 1.82) is 0 Å². The Labute approximate surface area is 354 Å². The molecule has 0 bridgehead atoms. The Morgan fingerprint density at radius 1 is 0.683 bits per heavy atom. The van der Waals surface area contributed by atoms with Gasteiger partial charge in [0.2, 0.25) is 15.9 Å². The van der Waals surface area contributed by atoms with Gasteiger partial charge in [0.1, 0.15) is 18.4 Å². The van der Waals surface area contributed by atoms with Crippen molar-refractivity contribution in [2.75, 3.05) is 119 Å². The van der Waals surface area contributed by atoms with Crippen LogP contribution >= 0.6 is 0 Å². The lowest BCUT2D eigenvalue weighted by Crippen LogP contribution is -2.45. The molecule has 18 nitrogen and oxygen atoms in total. The van der Waals surface area contributed by atoms with Gasteiger partial charge in [-0.15, -0.1) is 0 Å². The highest BCUT2D eigenvalue weighted by Crippen LogP contribution is 2.35. The molecular formula is C39H71F2N5O13S. The number of guanidine groups is 1. The second-order valence-electron chi connectivity index (χ2n) is 14.4. The lowest BCUT2D eigenvalue weighted by atomic mass is 9.83. The predicted molar refractivity (Wildman–Crippen MR) is 219 cm³/mol. The van der Waals surface area contributed by atoms with E-state index in [0.717, 1.165) is 13.0 Å². The molecule has 2 fully saturated rings. The molecule has 2 aliphatic rings. The molecule has 2 unspecified atom stereocenters. The SMILES string of the molecule is CCCOCCOCCOCCOCCOCCC(=O)NCCOCCOCCOCCNS(=O)(=O)C1CCC(OC2C(F)CC(/C=C(\C)C(=O)N=C(N)N)CC2F)CC1. The van der Waals surface area contributed by atoms with Gasteiger partial charge in [0.25, 0.3) is 5.91 Å². The van der Waals surface area contributed by atoms with Crippen LogP contribution < -0.4 is 21.5 Å². The average molecular weight is 888 g/mol. The number of rotatable bonds is 35. The third-order valence-corrected chi connectivity index (χ3v) is 11.4. The highest BCUT2D eigenvalue weighted by Gasteiger charge is 2.41. The number of hydrogen-bond acceptors (Lipinski definition) is 13. The number of hydrogen-bond donors (Lipinski definition) is 4. The van der Waals surface area contributed by atoms with E-state index in [1.807, 2.05) is 0 Å². The molecule has 2 aliphatic carbocycles. The minimum absolute atomic E-state index is 0.0148. The van der Waals surface area contributed by atoms with Gasteiger partial charge in [-0.25, -0.2) is 21.9 Å². The summed E-state index contributed by atoms with van der Waals surface area (Å²) in [5.74, 6) is -1.70. The summed E-state index contributed by atoms with van der Waals surface area (Å²) in [6.07, 6.45) is -0.847. The zero-order chi connectivity index (χ0) is 43.9. The smallest absolute Gasteiger partial charge is 0.275 e. The molecular weight excluding hydrogens is 817 g/mol. The van der Waals surface area contributed by atoms with Crippen LogP contribution in [0, 0.1) is 5.92 Å². The summed E-state index contributed by atoms with van der Waals surface area (Å²) in [5.41, 5.74) is 10.7. The van der Waals surface area contributed by atoms with Crippen LogP contribution in [-0.2, 0) is 62.2 Å². The molecule has 2 rings (SSSR count). The second-order valence-corrected chi connectivity index (χ2v) is 16.4. The topological polar surface area (TPSA) is 240 Å². The van der Waals surface area contributed by atoms with Crippen LogP contribution in [0.1, 0.15) is 65.2 Å². The summed E-state index contributed by atoms with van der Waals surface area (Å²) < 4.78 is 107. The zero-order valence-electron chi connectivity index (χ0n) is 35.5. The van der Waals surface area contributed by atoms with Crippen LogP contribution in [0.3, 0.4) is 0 Å². The van der Waals surface area contributed by atoms with Crippen LogP contribution in [0.25, 0.3) is 0 Å². The number of aliphatic imine (C=N–C) groups is 1. The molecule has 0 aromatic carbocycles.